The fraction of sp³-hybridized carbons (Fsp3) is 0.286. The van der Waals surface area contributed by atoms with Gasteiger partial charge in [0.2, 0.25) is 11.8 Å². The highest BCUT2D eigenvalue weighted by Gasteiger charge is 2.33. The highest BCUT2D eigenvalue weighted by atomic mass is 35.5. The van der Waals surface area contributed by atoms with Gasteiger partial charge in [-0.25, -0.2) is 0 Å². The van der Waals surface area contributed by atoms with Crippen molar-refractivity contribution in [3.05, 3.63) is 58.6 Å². The summed E-state index contributed by atoms with van der Waals surface area (Å²) in [6, 6.07) is 12.1. The maximum Gasteiger partial charge on any atom is 0.251 e. The van der Waals surface area contributed by atoms with Crippen LogP contribution >= 0.6 is 11.6 Å². The van der Waals surface area contributed by atoms with Crippen LogP contribution < -0.4 is 16.0 Å². The summed E-state index contributed by atoms with van der Waals surface area (Å²) in [5.74, 6) is -0.407. The minimum Gasteiger partial charge on any atom is -0.345 e. The van der Waals surface area contributed by atoms with Crippen LogP contribution in [0.2, 0.25) is 5.02 Å². The molecule has 1 unspecified atom stereocenters. The van der Waals surface area contributed by atoms with E-state index in [4.69, 9.17) is 11.6 Å². The highest BCUT2D eigenvalue weighted by molar-refractivity contribution is 6.30. The van der Waals surface area contributed by atoms with Gasteiger partial charge >= 0.3 is 0 Å². The predicted octanol–water partition coefficient (Wildman–Crippen LogP) is 4.14. The molecule has 3 rings (SSSR count). The number of benzene rings is 2. The fourth-order valence-corrected chi connectivity index (χ4v) is 3.23. The van der Waals surface area contributed by atoms with E-state index in [0.29, 0.717) is 27.9 Å². The summed E-state index contributed by atoms with van der Waals surface area (Å²) in [6.45, 7) is 2.77. The lowest BCUT2D eigenvalue weighted by Gasteiger charge is -2.20. The van der Waals surface area contributed by atoms with Gasteiger partial charge < -0.3 is 16.0 Å². The molecule has 2 aromatic rings. The summed E-state index contributed by atoms with van der Waals surface area (Å²) in [5.41, 5.74) is 2.24. The Bertz CT molecular complexity index is 873. The summed E-state index contributed by atoms with van der Waals surface area (Å²) in [7, 11) is 0. The van der Waals surface area contributed by atoms with E-state index in [2.05, 4.69) is 16.0 Å². The van der Waals surface area contributed by atoms with Crippen molar-refractivity contribution in [2.75, 3.05) is 10.6 Å². The van der Waals surface area contributed by atoms with Gasteiger partial charge in [0.25, 0.3) is 5.91 Å². The third kappa shape index (κ3) is 5.33. The molecule has 28 heavy (non-hydrogen) atoms. The quantitative estimate of drug-likeness (QED) is 0.682. The standard InChI is InChI=1S/C21H22ClN3O3/c1-12(26)23-18-9-16(10-19(11-18)24-13(2)27)21(28)25-20(14-3-4-14)15-5-7-17(22)8-6-15/h5-11,14,20H,3-4H2,1-2H3,(H,23,26)(H,24,27)(H,25,28). The van der Waals surface area contributed by atoms with Crippen LogP contribution in [0.3, 0.4) is 0 Å². The largest absolute Gasteiger partial charge is 0.345 e. The van der Waals surface area contributed by atoms with Crippen molar-refractivity contribution in [2.45, 2.75) is 32.7 Å². The SMILES string of the molecule is CC(=O)Nc1cc(NC(C)=O)cc(C(=O)NC(c2ccc(Cl)cc2)C2CC2)c1. The smallest absolute Gasteiger partial charge is 0.251 e. The molecule has 1 aliphatic carbocycles. The molecule has 146 valence electrons. The van der Waals surface area contributed by atoms with E-state index in [1.165, 1.54) is 13.8 Å². The molecule has 0 aromatic heterocycles. The van der Waals surface area contributed by atoms with E-state index < -0.39 is 0 Å². The zero-order valence-electron chi connectivity index (χ0n) is 15.7. The third-order valence-corrected chi connectivity index (χ3v) is 4.70. The van der Waals surface area contributed by atoms with Crippen LogP contribution in [-0.2, 0) is 9.59 Å². The van der Waals surface area contributed by atoms with Gasteiger partial charge in [-0.3, -0.25) is 14.4 Å². The molecule has 0 spiro atoms. The molecule has 2 aromatic carbocycles. The highest BCUT2D eigenvalue weighted by Crippen LogP contribution is 2.41. The number of hydrogen-bond acceptors (Lipinski definition) is 3. The van der Waals surface area contributed by atoms with Gasteiger partial charge in [-0.05, 0) is 54.7 Å². The molecule has 1 atom stereocenters. The van der Waals surface area contributed by atoms with Crippen LogP contribution in [0, 0.1) is 5.92 Å². The fourth-order valence-electron chi connectivity index (χ4n) is 3.11. The molecule has 0 aliphatic heterocycles. The molecule has 3 amide bonds. The Morgan fingerprint density at radius 2 is 1.46 bits per heavy atom. The number of halogens is 1. The van der Waals surface area contributed by atoms with Crippen molar-refractivity contribution in [3.63, 3.8) is 0 Å². The van der Waals surface area contributed by atoms with E-state index in [-0.39, 0.29) is 23.8 Å². The first-order chi connectivity index (χ1) is 13.3. The normalized spacial score (nSPS) is 14.1. The minimum absolute atomic E-state index is 0.113. The molecular weight excluding hydrogens is 378 g/mol. The zero-order valence-corrected chi connectivity index (χ0v) is 16.5. The number of anilines is 2. The molecular formula is C21H22ClN3O3. The van der Waals surface area contributed by atoms with Crippen LogP contribution in [0.4, 0.5) is 11.4 Å². The van der Waals surface area contributed by atoms with Crippen molar-refractivity contribution < 1.29 is 14.4 Å². The summed E-state index contributed by atoms with van der Waals surface area (Å²) >= 11 is 5.97. The van der Waals surface area contributed by atoms with Crippen LogP contribution in [0.1, 0.15) is 48.7 Å². The van der Waals surface area contributed by atoms with Gasteiger partial charge in [-0.1, -0.05) is 23.7 Å². The van der Waals surface area contributed by atoms with Crippen LogP contribution in [-0.4, -0.2) is 17.7 Å². The first-order valence-corrected chi connectivity index (χ1v) is 9.46. The summed E-state index contributed by atoms with van der Waals surface area (Å²) in [6.07, 6.45) is 2.10. The Kier molecular flexibility index (Phi) is 5.99. The van der Waals surface area contributed by atoms with Crippen LogP contribution in [0.25, 0.3) is 0 Å². The number of amides is 3. The lowest BCUT2D eigenvalue weighted by atomic mass is 10.0. The summed E-state index contributed by atoms with van der Waals surface area (Å²) in [4.78, 5) is 35.8. The number of hydrogen-bond donors (Lipinski definition) is 3. The monoisotopic (exact) mass is 399 g/mol. The summed E-state index contributed by atoms with van der Waals surface area (Å²) < 4.78 is 0. The minimum atomic E-state index is -0.273. The van der Waals surface area contributed by atoms with Gasteiger partial charge in [0, 0.05) is 35.8 Å². The molecule has 1 saturated carbocycles. The van der Waals surface area contributed by atoms with E-state index in [0.717, 1.165) is 18.4 Å². The number of carbonyl (C=O) groups is 3. The molecule has 1 aliphatic rings. The van der Waals surface area contributed by atoms with Gasteiger partial charge in [0.15, 0.2) is 0 Å². The van der Waals surface area contributed by atoms with Gasteiger partial charge in [-0.2, -0.15) is 0 Å². The van der Waals surface area contributed by atoms with E-state index >= 15 is 0 Å². The Balaban J connectivity index is 1.85. The lowest BCUT2D eigenvalue weighted by Crippen LogP contribution is -2.30. The average Bonchev–Trinajstić information content (AvgIpc) is 3.44. The molecule has 7 heteroatoms. The van der Waals surface area contributed by atoms with Crippen molar-refractivity contribution in [1.29, 1.82) is 0 Å². The van der Waals surface area contributed by atoms with Crippen LogP contribution in [0.15, 0.2) is 42.5 Å². The Morgan fingerprint density at radius 3 is 1.93 bits per heavy atom. The van der Waals surface area contributed by atoms with Crippen molar-refractivity contribution in [1.82, 2.24) is 5.32 Å². The van der Waals surface area contributed by atoms with Crippen molar-refractivity contribution in [3.8, 4) is 0 Å². The van der Waals surface area contributed by atoms with Crippen LogP contribution in [0.5, 0.6) is 0 Å². The van der Waals surface area contributed by atoms with Gasteiger partial charge in [0.05, 0.1) is 6.04 Å². The Labute approximate surface area is 168 Å². The molecule has 0 saturated heterocycles. The average molecular weight is 400 g/mol. The molecule has 3 N–H and O–H groups in total. The second kappa shape index (κ2) is 8.44. The second-order valence-electron chi connectivity index (χ2n) is 7.00. The first kappa shape index (κ1) is 19.9. The van der Waals surface area contributed by atoms with E-state index in [1.807, 2.05) is 24.3 Å². The Morgan fingerprint density at radius 1 is 0.929 bits per heavy atom. The maximum atomic E-state index is 12.9. The maximum absolute atomic E-state index is 12.9. The van der Waals surface area contributed by atoms with Crippen molar-refractivity contribution >= 4 is 40.7 Å². The topological polar surface area (TPSA) is 87.3 Å². The molecule has 6 nitrogen and oxygen atoms in total. The molecule has 0 bridgehead atoms. The number of carbonyl (C=O) groups excluding carboxylic acids is 3. The number of nitrogens with one attached hydrogen (secondary N) is 3. The first-order valence-electron chi connectivity index (χ1n) is 9.08. The molecule has 0 radical (unpaired) electrons. The molecule has 0 heterocycles. The third-order valence-electron chi connectivity index (χ3n) is 4.45. The molecule has 1 fully saturated rings. The van der Waals surface area contributed by atoms with Gasteiger partial charge in [0.1, 0.15) is 0 Å². The number of rotatable bonds is 6. The van der Waals surface area contributed by atoms with Gasteiger partial charge in [-0.15, -0.1) is 0 Å². The zero-order chi connectivity index (χ0) is 20.3. The predicted molar refractivity (Wildman–Crippen MR) is 109 cm³/mol. The lowest BCUT2D eigenvalue weighted by molar-refractivity contribution is -0.115. The van der Waals surface area contributed by atoms with E-state index in [9.17, 15) is 14.4 Å². The Hall–Kier alpha value is -2.86. The van der Waals surface area contributed by atoms with E-state index in [1.54, 1.807) is 18.2 Å². The second-order valence-corrected chi connectivity index (χ2v) is 7.44. The van der Waals surface area contributed by atoms with Crippen molar-refractivity contribution in [2.24, 2.45) is 5.92 Å². The summed E-state index contributed by atoms with van der Waals surface area (Å²) in [5, 5.41) is 9.04.